The lowest BCUT2D eigenvalue weighted by molar-refractivity contribution is 0.442. The normalized spacial score (nSPS) is 15.7. The Morgan fingerprint density at radius 2 is 0.808 bits per heavy atom. The van der Waals surface area contributed by atoms with E-state index in [2.05, 4.69) is 135 Å². The summed E-state index contributed by atoms with van der Waals surface area (Å²) >= 11 is 0. The number of benzene rings is 5. The Labute approximate surface area is 309 Å². The number of hydrogen-bond acceptors (Lipinski definition) is 2. The van der Waals surface area contributed by atoms with E-state index < -0.39 is 0 Å². The molecule has 2 heteroatoms. The van der Waals surface area contributed by atoms with Crippen LogP contribution in [0.25, 0.3) is 66.6 Å². The minimum atomic E-state index is 0.633. The van der Waals surface area contributed by atoms with Crippen LogP contribution in [0.4, 0.5) is 0 Å². The molecule has 5 aromatic carbocycles. The first kappa shape index (κ1) is 32.8. The molecule has 258 valence electrons. The largest absolute Gasteiger partial charge is 0.245 e. The summed E-state index contributed by atoms with van der Waals surface area (Å²) in [7, 11) is 0. The quantitative estimate of drug-likeness (QED) is 0.164. The van der Waals surface area contributed by atoms with Crippen LogP contribution >= 0.6 is 0 Å². The molecule has 0 bridgehead atoms. The van der Waals surface area contributed by atoms with E-state index in [0.717, 1.165) is 33.2 Å². The molecule has 0 amide bonds. The highest BCUT2D eigenvalue weighted by molar-refractivity contribution is 6.13. The molecular formula is C50H48N2. The first-order valence-corrected chi connectivity index (χ1v) is 19.7. The smallest absolute Gasteiger partial charge is 0.0978 e. The number of hydrogen-bond donors (Lipinski definition) is 0. The minimum Gasteiger partial charge on any atom is -0.245 e. The van der Waals surface area contributed by atoms with Gasteiger partial charge in [0.25, 0.3) is 0 Å². The van der Waals surface area contributed by atoms with Crippen LogP contribution in [0.5, 0.6) is 0 Å². The minimum absolute atomic E-state index is 0.633. The van der Waals surface area contributed by atoms with Gasteiger partial charge in [0.1, 0.15) is 0 Å². The van der Waals surface area contributed by atoms with Crippen LogP contribution in [0.2, 0.25) is 0 Å². The SMILES string of the molecule is Cc1c(-c2cc(-c3ccccc3)c3ccc4c(-c5ccccc5)cc(-c5cccc(C6CCCCC6)c5C)nc4c3n2)cccc1C1CCCCC1. The van der Waals surface area contributed by atoms with Gasteiger partial charge in [-0.2, -0.15) is 0 Å². The highest BCUT2D eigenvalue weighted by Crippen LogP contribution is 2.43. The van der Waals surface area contributed by atoms with E-state index >= 15 is 0 Å². The first-order valence-electron chi connectivity index (χ1n) is 19.7. The molecular weight excluding hydrogens is 629 g/mol. The lowest BCUT2D eigenvalue weighted by atomic mass is 9.81. The molecule has 2 aromatic heterocycles. The molecule has 2 heterocycles. The second-order valence-electron chi connectivity index (χ2n) is 15.4. The fraction of sp³-hybridized carbons (Fsp3) is 0.280. The van der Waals surface area contributed by atoms with Crippen LogP contribution in [0.15, 0.2) is 121 Å². The predicted octanol–water partition coefficient (Wildman–Crippen LogP) is 14.2. The molecule has 9 rings (SSSR count). The Kier molecular flexibility index (Phi) is 8.93. The van der Waals surface area contributed by atoms with E-state index in [4.69, 9.17) is 9.97 Å². The van der Waals surface area contributed by atoms with Crippen molar-refractivity contribution in [2.75, 3.05) is 0 Å². The summed E-state index contributed by atoms with van der Waals surface area (Å²) in [6, 6.07) is 44.7. The molecule has 52 heavy (non-hydrogen) atoms. The fourth-order valence-electron chi connectivity index (χ4n) is 9.54. The van der Waals surface area contributed by atoms with Gasteiger partial charge in [-0.1, -0.05) is 148 Å². The van der Waals surface area contributed by atoms with Crippen molar-refractivity contribution in [3.05, 3.63) is 144 Å². The van der Waals surface area contributed by atoms with Gasteiger partial charge in [0.15, 0.2) is 0 Å². The maximum atomic E-state index is 5.63. The summed E-state index contributed by atoms with van der Waals surface area (Å²) in [5, 5.41) is 2.28. The highest BCUT2D eigenvalue weighted by atomic mass is 14.8. The number of fused-ring (bicyclic) bond motifs is 3. The maximum absolute atomic E-state index is 5.63. The molecule has 2 aliphatic rings. The molecule has 0 N–H and O–H groups in total. The number of rotatable bonds is 6. The zero-order chi connectivity index (χ0) is 35.0. The van der Waals surface area contributed by atoms with Crippen LogP contribution in [-0.4, -0.2) is 9.97 Å². The number of aromatic nitrogens is 2. The summed E-state index contributed by atoms with van der Waals surface area (Å²) in [5.74, 6) is 1.27. The van der Waals surface area contributed by atoms with Gasteiger partial charge in [-0.3, -0.25) is 0 Å². The zero-order valence-corrected chi connectivity index (χ0v) is 30.7. The summed E-state index contributed by atoms with van der Waals surface area (Å²) in [6.07, 6.45) is 13.2. The van der Waals surface area contributed by atoms with Crippen molar-refractivity contribution in [2.24, 2.45) is 0 Å². The Morgan fingerprint density at radius 3 is 1.21 bits per heavy atom. The molecule has 2 aliphatic carbocycles. The molecule has 2 nitrogen and oxygen atoms in total. The monoisotopic (exact) mass is 676 g/mol. The van der Waals surface area contributed by atoms with E-state index in [-0.39, 0.29) is 0 Å². The van der Waals surface area contributed by atoms with Crippen LogP contribution in [0.1, 0.15) is 98.3 Å². The molecule has 0 unspecified atom stereocenters. The second-order valence-corrected chi connectivity index (χ2v) is 15.4. The Hall–Kier alpha value is -5.08. The molecule has 0 atom stereocenters. The lowest BCUT2D eigenvalue weighted by Gasteiger charge is -2.25. The van der Waals surface area contributed by atoms with Gasteiger partial charge in [0.2, 0.25) is 0 Å². The second kappa shape index (κ2) is 14.2. The van der Waals surface area contributed by atoms with Gasteiger partial charge in [-0.15, -0.1) is 0 Å². The molecule has 2 fully saturated rings. The van der Waals surface area contributed by atoms with Crippen molar-refractivity contribution in [1.29, 1.82) is 0 Å². The predicted molar refractivity (Wildman–Crippen MR) is 220 cm³/mol. The number of pyridine rings is 2. The summed E-state index contributed by atoms with van der Waals surface area (Å²) in [5.41, 5.74) is 17.0. The van der Waals surface area contributed by atoms with Gasteiger partial charge in [-0.05, 0) is 108 Å². The highest BCUT2D eigenvalue weighted by Gasteiger charge is 2.23. The van der Waals surface area contributed by atoms with E-state index in [1.54, 1.807) is 0 Å². The average molecular weight is 677 g/mol. The van der Waals surface area contributed by atoms with Crippen molar-refractivity contribution in [1.82, 2.24) is 9.97 Å². The van der Waals surface area contributed by atoms with E-state index in [0.29, 0.717) is 11.8 Å². The van der Waals surface area contributed by atoms with Gasteiger partial charge >= 0.3 is 0 Å². The van der Waals surface area contributed by atoms with E-state index in [9.17, 15) is 0 Å². The average Bonchev–Trinajstić information content (AvgIpc) is 3.21. The van der Waals surface area contributed by atoms with E-state index in [1.807, 2.05) is 0 Å². The van der Waals surface area contributed by atoms with Gasteiger partial charge in [-0.25, -0.2) is 9.97 Å². The van der Waals surface area contributed by atoms with Crippen molar-refractivity contribution >= 4 is 21.8 Å². The molecule has 0 spiro atoms. The lowest BCUT2D eigenvalue weighted by Crippen LogP contribution is -2.07. The standard InChI is InChI=1S/C50H48N2/c1-33-39(35-17-7-3-8-18-35)25-15-27-41(33)47-31-45(37-21-11-5-12-22-37)43-29-30-44-46(38-23-13-6-14-24-38)32-48(52-50(44)49(43)51-47)42-28-16-26-40(34(42)2)36-19-9-4-10-20-36/h5-6,11-16,21-32,35-36H,3-4,7-10,17-20H2,1-2H3. The topological polar surface area (TPSA) is 25.8 Å². The number of nitrogens with zero attached hydrogens (tertiary/aromatic N) is 2. The van der Waals surface area contributed by atoms with Crippen molar-refractivity contribution in [3.63, 3.8) is 0 Å². The van der Waals surface area contributed by atoms with Gasteiger partial charge in [0, 0.05) is 21.9 Å². The van der Waals surface area contributed by atoms with E-state index in [1.165, 1.54) is 120 Å². The molecule has 7 aromatic rings. The van der Waals surface area contributed by atoms with Crippen LogP contribution in [0.3, 0.4) is 0 Å². The van der Waals surface area contributed by atoms with Crippen molar-refractivity contribution in [2.45, 2.75) is 89.9 Å². The first-order chi connectivity index (χ1) is 25.6. The summed E-state index contributed by atoms with van der Waals surface area (Å²) in [4.78, 5) is 11.3. The Morgan fingerprint density at radius 1 is 0.404 bits per heavy atom. The third kappa shape index (κ3) is 6.03. The molecule has 2 saturated carbocycles. The third-order valence-corrected chi connectivity index (χ3v) is 12.3. The van der Waals surface area contributed by atoms with Gasteiger partial charge < -0.3 is 0 Å². The summed E-state index contributed by atoms with van der Waals surface area (Å²) in [6.45, 7) is 4.64. The maximum Gasteiger partial charge on any atom is 0.0978 e. The Balaban J connectivity index is 1.32. The van der Waals surface area contributed by atoms with Crippen LogP contribution < -0.4 is 0 Å². The molecule has 0 saturated heterocycles. The van der Waals surface area contributed by atoms with Crippen molar-refractivity contribution in [3.8, 4) is 44.8 Å². The summed E-state index contributed by atoms with van der Waals surface area (Å²) < 4.78 is 0. The molecule has 0 radical (unpaired) electrons. The Bertz CT molecular complexity index is 2210. The van der Waals surface area contributed by atoms with Crippen LogP contribution in [-0.2, 0) is 0 Å². The molecule has 0 aliphatic heterocycles. The van der Waals surface area contributed by atoms with Crippen molar-refractivity contribution < 1.29 is 0 Å². The van der Waals surface area contributed by atoms with Crippen LogP contribution in [0, 0.1) is 13.8 Å². The van der Waals surface area contributed by atoms with Gasteiger partial charge in [0.05, 0.1) is 22.4 Å². The third-order valence-electron chi connectivity index (χ3n) is 12.3. The fourth-order valence-corrected chi connectivity index (χ4v) is 9.54. The zero-order valence-electron chi connectivity index (χ0n) is 30.7.